The van der Waals surface area contributed by atoms with E-state index in [1.165, 1.54) is 8.66 Å². The van der Waals surface area contributed by atoms with Crippen LogP contribution in [0, 0.1) is 5.41 Å². The molecule has 0 spiro atoms. The van der Waals surface area contributed by atoms with E-state index in [0.717, 1.165) is 13.0 Å². The van der Waals surface area contributed by atoms with Gasteiger partial charge in [0.05, 0.1) is 3.79 Å². The summed E-state index contributed by atoms with van der Waals surface area (Å²) >= 11 is 5.27. The second kappa shape index (κ2) is 5.10. The smallest absolute Gasteiger partial charge is 0.0701 e. The van der Waals surface area contributed by atoms with Crippen LogP contribution < -0.4 is 5.32 Å². The lowest BCUT2D eigenvalue weighted by Crippen LogP contribution is -2.29. The van der Waals surface area contributed by atoms with Gasteiger partial charge in [0.1, 0.15) is 0 Å². The number of hydrogen-bond acceptors (Lipinski definition) is 2. The highest BCUT2D eigenvalue weighted by Gasteiger charge is 2.20. The number of hydrogen-bond donors (Lipinski definition) is 1. The van der Waals surface area contributed by atoms with E-state index in [0.29, 0.717) is 0 Å². The molecule has 0 aromatic carbocycles. The molecule has 1 unspecified atom stereocenters. The molecule has 1 heterocycles. The molecule has 0 radical (unpaired) electrons. The average Bonchev–Trinajstić information content (AvgIpc) is 2.51. The molecule has 0 saturated heterocycles. The van der Waals surface area contributed by atoms with Crippen LogP contribution in [-0.4, -0.2) is 13.6 Å². The van der Waals surface area contributed by atoms with E-state index >= 15 is 0 Å². The quantitative estimate of drug-likeness (QED) is 0.811. The first-order valence-electron chi connectivity index (χ1n) is 4.62. The van der Waals surface area contributed by atoms with Gasteiger partial charge in [-0.15, -0.1) is 17.9 Å². The van der Waals surface area contributed by atoms with Gasteiger partial charge in [0, 0.05) is 16.8 Å². The molecule has 14 heavy (non-hydrogen) atoms. The first kappa shape index (κ1) is 12.0. The van der Waals surface area contributed by atoms with Crippen molar-refractivity contribution in [2.24, 2.45) is 5.41 Å². The van der Waals surface area contributed by atoms with Crippen LogP contribution in [0.3, 0.4) is 0 Å². The summed E-state index contributed by atoms with van der Waals surface area (Å²) in [5, 5.41) is 3.21. The minimum atomic E-state index is 0.152. The van der Waals surface area contributed by atoms with Gasteiger partial charge in [-0.1, -0.05) is 13.0 Å². The lowest BCUT2D eigenvalue weighted by Gasteiger charge is -2.24. The third kappa shape index (κ3) is 3.23. The lowest BCUT2D eigenvalue weighted by molar-refractivity contribution is 0.409. The van der Waals surface area contributed by atoms with E-state index in [1.54, 1.807) is 11.3 Å². The normalized spacial score (nSPS) is 15.1. The predicted octanol–water partition coefficient (Wildman–Crippen LogP) is 3.46. The van der Waals surface area contributed by atoms with Crippen molar-refractivity contribution in [1.82, 2.24) is 5.32 Å². The molecule has 0 amide bonds. The van der Waals surface area contributed by atoms with Crippen LogP contribution in [0.4, 0.5) is 0 Å². The Morgan fingerprint density at radius 3 is 2.79 bits per heavy atom. The van der Waals surface area contributed by atoms with Crippen LogP contribution >= 0.6 is 27.3 Å². The molecule has 1 aromatic heterocycles. The van der Waals surface area contributed by atoms with Crippen molar-refractivity contribution in [2.75, 3.05) is 13.6 Å². The molecule has 1 N–H and O–H groups in total. The van der Waals surface area contributed by atoms with Crippen molar-refractivity contribution < 1.29 is 0 Å². The van der Waals surface area contributed by atoms with Crippen LogP contribution in [0.5, 0.6) is 0 Å². The molecule has 0 aliphatic heterocycles. The Labute approximate surface area is 98.4 Å². The molecule has 0 aliphatic carbocycles. The van der Waals surface area contributed by atoms with Crippen molar-refractivity contribution in [3.05, 3.63) is 33.5 Å². The highest BCUT2D eigenvalue weighted by atomic mass is 79.9. The van der Waals surface area contributed by atoms with Gasteiger partial charge in [0.2, 0.25) is 0 Å². The van der Waals surface area contributed by atoms with Crippen LogP contribution in [0.1, 0.15) is 11.8 Å². The SMILES string of the molecule is C=CC(C)(CNC)Cc1ccc(Br)s1. The minimum absolute atomic E-state index is 0.152. The standard InChI is InChI=1S/C11H16BrNS/c1-4-11(2,8-13-3)7-9-5-6-10(12)14-9/h4-6,13H,1,7-8H2,2-3H3. The Hall–Kier alpha value is -0.120. The van der Waals surface area contributed by atoms with E-state index in [-0.39, 0.29) is 5.41 Å². The van der Waals surface area contributed by atoms with Gasteiger partial charge in [-0.25, -0.2) is 0 Å². The fourth-order valence-corrected chi connectivity index (χ4v) is 3.14. The Kier molecular flexibility index (Phi) is 4.35. The summed E-state index contributed by atoms with van der Waals surface area (Å²) in [6, 6.07) is 4.27. The largest absolute Gasteiger partial charge is 0.319 e. The summed E-state index contributed by atoms with van der Waals surface area (Å²) in [5.41, 5.74) is 0.152. The molecule has 0 bridgehead atoms. The third-order valence-corrected chi connectivity index (χ3v) is 3.90. The van der Waals surface area contributed by atoms with Crippen LogP contribution in [0.2, 0.25) is 0 Å². The molecule has 1 rings (SSSR count). The van der Waals surface area contributed by atoms with Gasteiger partial charge >= 0.3 is 0 Å². The molecule has 0 fully saturated rings. The van der Waals surface area contributed by atoms with Gasteiger partial charge in [-0.2, -0.15) is 0 Å². The molecule has 0 aliphatic rings. The monoisotopic (exact) mass is 273 g/mol. The maximum atomic E-state index is 3.91. The van der Waals surface area contributed by atoms with Gasteiger partial charge in [-0.3, -0.25) is 0 Å². The van der Waals surface area contributed by atoms with E-state index in [2.05, 4.69) is 46.9 Å². The Bertz CT molecular complexity index is 308. The summed E-state index contributed by atoms with van der Waals surface area (Å²) in [5.74, 6) is 0. The number of thiophene rings is 1. The Balaban J connectivity index is 2.69. The van der Waals surface area contributed by atoms with Crippen LogP contribution in [-0.2, 0) is 6.42 Å². The third-order valence-electron chi connectivity index (χ3n) is 2.28. The fraction of sp³-hybridized carbons (Fsp3) is 0.455. The van der Waals surface area contributed by atoms with Crippen LogP contribution in [0.25, 0.3) is 0 Å². The van der Waals surface area contributed by atoms with E-state index in [4.69, 9.17) is 0 Å². The molecular formula is C11H16BrNS. The van der Waals surface area contributed by atoms with Crippen molar-refractivity contribution in [3.63, 3.8) is 0 Å². The fourth-order valence-electron chi connectivity index (χ4n) is 1.46. The van der Waals surface area contributed by atoms with Crippen molar-refractivity contribution in [1.29, 1.82) is 0 Å². The first-order valence-corrected chi connectivity index (χ1v) is 6.23. The molecule has 0 saturated carbocycles. The maximum absolute atomic E-state index is 3.91. The summed E-state index contributed by atoms with van der Waals surface area (Å²) in [6.07, 6.45) is 3.09. The highest BCUT2D eigenvalue weighted by molar-refractivity contribution is 9.11. The summed E-state index contributed by atoms with van der Waals surface area (Å²) in [6.45, 7) is 7.10. The van der Waals surface area contributed by atoms with Gasteiger partial charge in [-0.05, 0) is 41.5 Å². The van der Waals surface area contributed by atoms with E-state index < -0.39 is 0 Å². The second-order valence-corrected chi connectivity index (χ2v) is 6.32. The van der Waals surface area contributed by atoms with E-state index in [9.17, 15) is 0 Å². The molecule has 78 valence electrons. The van der Waals surface area contributed by atoms with Gasteiger partial charge in [0.25, 0.3) is 0 Å². The topological polar surface area (TPSA) is 12.0 Å². The lowest BCUT2D eigenvalue weighted by atomic mass is 9.86. The van der Waals surface area contributed by atoms with Gasteiger partial charge in [0.15, 0.2) is 0 Å². The Morgan fingerprint density at radius 2 is 2.36 bits per heavy atom. The number of halogens is 1. The zero-order chi connectivity index (χ0) is 10.6. The predicted molar refractivity (Wildman–Crippen MR) is 68.0 cm³/mol. The Morgan fingerprint density at radius 1 is 1.64 bits per heavy atom. The maximum Gasteiger partial charge on any atom is 0.0701 e. The zero-order valence-electron chi connectivity index (χ0n) is 8.64. The molecule has 3 heteroatoms. The number of rotatable bonds is 5. The van der Waals surface area contributed by atoms with Crippen molar-refractivity contribution >= 4 is 27.3 Å². The molecule has 1 aromatic rings. The second-order valence-electron chi connectivity index (χ2n) is 3.77. The number of nitrogens with one attached hydrogen (secondary N) is 1. The van der Waals surface area contributed by atoms with Crippen molar-refractivity contribution in [3.8, 4) is 0 Å². The molecule has 1 atom stereocenters. The summed E-state index contributed by atoms with van der Waals surface area (Å²) < 4.78 is 1.20. The minimum Gasteiger partial charge on any atom is -0.319 e. The van der Waals surface area contributed by atoms with Gasteiger partial charge < -0.3 is 5.32 Å². The zero-order valence-corrected chi connectivity index (χ0v) is 11.0. The van der Waals surface area contributed by atoms with E-state index in [1.807, 2.05) is 13.1 Å². The van der Waals surface area contributed by atoms with Crippen molar-refractivity contribution in [2.45, 2.75) is 13.3 Å². The highest BCUT2D eigenvalue weighted by Crippen LogP contribution is 2.29. The summed E-state index contributed by atoms with van der Waals surface area (Å²) in [7, 11) is 1.98. The average molecular weight is 274 g/mol. The molecule has 1 nitrogen and oxygen atoms in total. The first-order chi connectivity index (χ1) is 6.59. The van der Waals surface area contributed by atoms with Crippen LogP contribution in [0.15, 0.2) is 28.6 Å². The molecular weight excluding hydrogens is 258 g/mol. The summed E-state index contributed by atoms with van der Waals surface area (Å²) in [4.78, 5) is 1.40.